The van der Waals surface area contributed by atoms with E-state index in [1.807, 2.05) is 0 Å². The number of halogens is 1. The third-order valence-electron chi connectivity index (χ3n) is 4.80. The Morgan fingerprint density at radius 1 is 0.897 bits per heavy atom. The van der Waals surface area contributed by atoms with Gasteiger partial charge in [0.1, 0.15) is 12.4 Å². The summed E-state index contributed by atoms with van der Waals surface area (Å²) >= 11 is 5.93. The molecule has 3 N–H and O–H groups in total. The van der Waals surface area contributed by atoms with E-state index < -0.39 is 11.8 Å². The lowest BCUT2D eigenvalue weighted by molar-refractivity contribution is -0.136. The van der Waals surface area contributed by atoms with Crippen LogP contribution in [-0.4, -0.2) is 43.8 Å². The van der Waals surface area contributed by atoms with Gasteiger partial charge in [-0.3, -0.25) is 14.4 Å². The predicted molar refractivity (Wildman–Crippen MR) is 150 cm³/mol. The first-order valence-corrected chi connectivity index (χ1v) is 12.2. The van der Waals surface area contributed by atoms with E-state index in [9.17, 15) is 14.4 Å². The summed E-state index contributed by atoms with van der Waals surface area (Å²) < 4.78 is 16.6. The average Bonchev–Trinajstić information content (AvgIpc) is 2.92. The number of ether oxygens (including phenoxy) is 3. The van der Waals surface area contributed by atoms with Crippen molar-refractivity contribution in [2.45, 2.75) is 6.92 Å². The van der Waals surface area contributed by atoms with Gasteiger partial charge in [-0.25, -0.2) is 5.43 Å². The minimum Gasteiger partial charge on any atom is -0.490 e. The molecule has 0 aliphatic rings. The van der Waals surface area contributed by atoms with E-state index in [0.29, 0.717) is 52.4 Å². The molecule has 0 saturated carbocycles. The molecular formula is C28H27ClN4O6. The van der Waals surface area contributed by atoms with Gasteiger partial charge in [0.05, 0.1) is 12.8 Å². The molecule has 0 aliphatic carbocycles. The number of hydrogen-bond donors (Lipinski definition) is 3. The fourth-order valence-corrected chi connectivity index (χ4v) is 3.28. The molecule has 0 fully saturated rings. The first kappa shape index (κ1) is 28.7. The van der Waals surface area contributed by atoms with E-state index in [0.717, 1.165) is 0 Å². The maximum Gasteiger partial charge on any atom is 0.329 e. The van der Waals surface area contributed by atoms with Crippen LogP contribution in [0.5, 0.6) is 17.2 Å². The van der Waals surface area contributed by atoms with Crippen molar-refractivity contribution >= 4 is 46.9 Å². The van der Waals surface area contributed by atoms with Crippen molar-refractivity contribution in [1.29, 1.82) is 0 Å². The Balaban J connectivity index is 1.52. The van der Waals surface area contributed by atoms with Gasteiger partial charge in [-0.15, -0.1) is 0 Å². The molecule has 10 nitrogen and oxygen atoms in total. The molecule has 0 aromatic heterocycles. The third kappa shape index (κ3) is 9.52. The Labute approximate surface area is 230 Å². The van der Waals surface area contributed by atoms with Crippen LogP contribution >= 0.6 is 11.6 Å². The molecule has 202 valence electrons. The maximum absolute atomic E-state index is 12.2. The van der Waals surface area contributed by atoms with Crippen molar-refractivity contribution in [2.75, 3.05) is 30.5 Å². The molecule has 3 aromatic rings. The highest BCUT2D eigenvalue weighted by Gasteiger charge is 2.13. The molecule has 11 heteroatoms. The zero-order chi connectivity index (χ0) is 28.0. The highest BCUT2D eigenvalue weighted by molar-refractivity contribution is 6.39. The Morgan fingerprint density at radius 2 is 1.69 bits per heavy atom. The summed E-state index contributed by atoms with van der Waals surface area (Å²) in [7, 11) is 0. The number of nitrogens with one attached hydrogen (secondary N) is 3. The monoisotopic (exact) mass is 550 g/mol. The topological polar surface area (TPSA) is 127 Å². The van der Waals surface area contributed by atoms with Gasteiger partial charge in [-0.05, 0) is 73.2 Å². The number of hydrogen-bond acceptors (Lipinski definition) is 7. The van der Waals surface area contributed by atoms with Crippen LogP contribution in [0.25, 0.3) is 0 Å². The van der Waals surface area contributed by atoms with Crippen LogP contribution < -0.4 is 30.3 Å². The third-order valence-corrected chi connectivity index (χ3v) is 5.04. The maximum atomic E-state index is 12.2. The summed E-state index contributed by atoms with van der Waals surface area (Å²) in [6.07, 6.45) is 2.96. The van der Waals surface area contributed by atoms with E-state index in [1.54, 1.807) is 79.7 Å². The molecule has 3 rings (SSSR count). The second kappa shape index (κ2) is 14.8. The number of carbonyl (C=O) groups is 3. The minimum absolute atomic E-state index is 0.254. The quantitative estimate of drug-likeness (QED) is 0.133. The van der Waals surface area contributed by atoms with E-state index >= 15 is 0 Å². The Bertz CT molecular complexity index is 1340. The first-order valence-electron chi connectivity index (χ1n) is 11.8. The lowest BCUT2D eigenvalue weighted by Crippen LogP contribution is -2.32. The van der Waals surface area contributed by atoms with Crippen molar-refractivity contribution in [3.8, 4) is 17.2 Å². The largest absolute Gasteiger partial charge is 0.490 e. The van der Waals surface area contributed by atoms with Crippen molar-refractivity contribution < 1.29 is 28.6 Å². The molecule has 39 heavy (non-hydrogen) atoms. The molecule has 0 atom stereocenters. The number of benzene rings is 3. The normalized spacial score (nSPS) is 10.4. The number of carbonyl (C=O) groups excluding carboxylic acids is 3. The summed E-state index contributed by atoms with van der Waals surface area (Å²) in [5.41, 5.74) is 3.70. The molecule has 0 aliphatic heterocycles. The Morgan fingerprint density at radius 3 is 2.41 bits per heavy atom. The average molecular weight is 551 g/mol. The van der Waals surface area contributed by atoms with Crippen LogP contribution in [0.2, 0.25) is 5.02 Å². The van der Waals surface area contributed by atoms with Crippen LogP contribution in [-0.2, 0) is 14.4 Å². The van der Waals surface area contributed by atoms with E-state index in [2.05, 4.69) is 27.7 Å². The highest BCUT2D eigenvalue weighted by Crippen LogP contribution is 2.28. The summed E-state index contributed by atoms with van der Waals surface area (Å²) in [4.78, 5) is 36.5. The second-order valence-electron chi connectivity index (χ2n) is 7.76. The van der Waals surface area contributed by atoms with Gasteiger partial charge in [0.2, 0.25) is 0 Å². The summed E-state index contributed by atoms with van der Waals surface area (Å²) in [5, 5.41) is 9.49. The molecule has 0 bridgehead atoms. The van der Waals surface area contributed by atoms with Crippen molar-refractivity contribution in [3.63, 3.8) is 0 Å². The van der Waals surface area contributed by atoms with E-state index in [1.165, 1.54) is 6.21 Å². The highest BCUT2D eigenvalue weighted by atomic mass is 35.5. The lowest BCUT2D eigenvalue weighted by atomic mass is 10.2. The van der Waals surface area contributed by atoms with Crippen LogP contribution in [0.3, 0.4) is 0 Å². The standard InChI is InChI=1S/C28H27ClN4O6/c1-3-14-38-23-11-9-21(10-12-23)32-27(35)28(36)33-30-17-19-8-13-24(25(15-19)37-4-2)39-18-26(34)31-22-7-5-6-20(29)16-22/h3,5-13,15-17H,1,4,14,18H2,2H3,(H,31,34)(H,32,35)(H,33,36)/b30-17-. The number of hydrazone groups is 1. The molecular weight excluding hydrogens is 524 g/mol. The Hall–Kier alpha value is -4.83. The zero-order valence-corrected chi connectivity index (χ0v) is 21.9. The number of amides is 3. The molecule has 0 radical (unpaired) electrons. The van der Waals surface area contributed by atoms with Gasteiger partial charge in [-0.1, -0.05) is 30.3 Å². The summed E-state index contributed by atoms with van der Waals surface area (Å²) in [6, 6.07) is 18.2. The SMILES string of the molecule is C=CCOc1ccc(NC(=O)C(=O)N/N=C\c2ccc(OCC(=O)Nc3cccc(Cl)c3)c(OCC)c2)cc1. The van der Waals surface area contributed by atoms with Gasteiger partial charge >= 0.3 is 11.8 Å². The number of rotatable bonds is 12. The molecule has 3 amide bonds. The smallest absolute Gasteiger partial charge is 0.329 e. The Kier molecular flexibility index (Phi) is 10.9. The van der Waals surface area contributed by atoms with Crippen molar-refractivity contribution in [1.82, 2.24) is 5.43 Å². The fraction of sp³-hybridized carbons (Fsp3) is 0.143. The summed E-state index contributed by atoms with van der Waals surface area (Å²) in [6.45, 7) is 5.83. The van der Waals surface area contributed by atoms with Gasteiger partial charge in [0, 0.05) is 16.4 Å². The van der Waals surface area contributed by atoms with Crippen LogP contribution in [0.15, 0.2) is 84.5 Å². The molecule has 0 saturated heterocycles. The lowest BCUT2D eigenvalue weighted by Gasteiger charge is -2.12. The number of anilines is 2. The molecule has 0 heterocycles. The molecule has 0 spiro atoms. The molecule has 3 aromatic carbocycles. The van der Waals surface area contributed by atoms with Gasteiger partial charge in [0.15, 0.2) is 18.1 Å². The van der Waals surface area contributed by atoms with Gasteiger partial charge in [0.25, 0.3) is 5.91 Å². The predicted octanol–water partition coefficient (Wildman–Crippen LogP) is 4.41. The second-order valence-corrected chi connectivity index (χ2v) is 8.20. The number of nitrogens with zero attached hydrogens (tertiary/aromatic N) is 1. The summed E-state index contributed by atoms with van der Waals surface area (Å²) in [5.74, 6) is -0.884. The van der Waals surface area contributed by atoms with Crippen LogP contribution in [0.4, 0.5) is 11.4 Å². The zero-order valence-electron chi connectivity index (χ0n) is 21.1. The molecule has 0 unspecified atom stereocenters. The van der Waals surface area contributed by atoms with Crippen LogP contribution in [0.1, 0.15) is 12.5 Å². The van der Waals surface area contributed by atoms with E-state index in [4.69, 9.17) is 25.8 Å². The first-order chi connectivity index (χ1) is 18.9. The van der Waals surface area contributed by atoms with E-state index in [-0.39, 0.29) is 12.5 Å². The minimum atomic E-state index is -0.950. The fourth-order valence-electron chi connectivity index (χ4n) is 3.09. The van der Waals surface area contributed by atoms with Crippen LogP contribution in [0, 0.1) is 0 Å². The van der Waals surface area contributed by atoms with Gasteiger partial charge in [-0.2, -0.15) is 5.10 Å². The van der Waals surface area contributed by atoms with Crippen molar-refractivity contribution in [2.24, 2.45) is 5.10 Å². The van der Waals surface area contributed by atoms with Gasteiger partial charge < -0.3 is 24.8 Å². The van der Waals surface area contributed by atoms with Crippen molar-refractivity contribution in [3.05, 3.63) is 90.0 Å².